The van der Waals surface area contributed by atoms with Gasteiger partial charge in [-0.1, -0.05) is 52.2 Å². The topological polar surface area (TPSA) is 83.8 Å². The highest BCUT2D eigenvalue weighted by molar-refractivity contribution is 6.25. The molecule has 0 heterocycles. The molecule has 1 saturated carbocycles. The standard InChI is InChI=1S/C31H35FO5/c1-4-7-23-27(33)26(30(36)31(16-5-2,17-6-3)29(23)35)28(34)25-18-24(25)19-8-12-21(13-9-19)37-22-14-10-20(32)11-15-22/h8-15,24-25,33,35H,4-7,16-18H2,1-3H3. The Morgan fingerprint density at radius 1 is 0.946 bits per heavy atom. The van der Waals surface area contributed by atoms with Crippen LogP contribution in [0.4, 0.5) is 4.39 Å². The second kappa shape index (κ2) is 10.9. The van der Waals surface area contributed by atoms with Crippen molar-refractivity contribution in [3.63, 3.8) is 0 Å². The number of hydrogen-bond acceptors (Lipinski definition) is 5. The highest BCUT2D eigenvalue weighted by atomic mass is 19.1. The number of aliphatic hydroxyl groups is 2. The van der Waals surface area contributed by atoms with Gasteiger partial charge in [0.2, 0.25) is 0 Å². The predicted octanol–water partition coefficient (Wildman–Crippen LogP) is 7.88. The van der Waals surface area contributed by atoms with Crippen molar-refractivity contribution < 1.29 is 28.9 Å². The second-order valence-electron chi connectivity index (χ2n) is 10.1. The van der Waals surface area contributed by atoms with Crippen LogP contribution in [0, 0.1) is 17.2 Å². The van der Waals surface area contributed by atoms with Crippen LogP contribution in [0.3, 0.4) is 0 Å². The van der Waals surface area contributed by atoms with Gasteiger partial charge in [0.15, 0.2) is 11.6 Å². The molecule has 0 saturated heterocycles. The first-order valence-electron chi connectivity index (χ1n) is 13.3. The van der Waals surface area contributed by atoms with E-state index in [1.165, 1.54) is 12.1 Å². The van der Waals surface area contributed by atoms with Gasteiger partial charge in [-0.2, -0.15) is 0 Å². The molecule has 2 aliphatic rings. The summed E-state index contributed by atoms with van der Waals surface area (Å²) in [4.78, 5) is 27.4. The zero-order chi connectivity index (χ0) is 26.7. The Balaban J connectivity index is 1.56. The number of hydrogen-bond donors (Lipinski definition) is 2. The van der Waals surface area contributed by atoms with E-state index < -0.39 is 17.1 Å². The molecule has 196 valence electrons. The SMILES string of the molecule is CCCC1=C(O)C(CCC)(CCC)C(=O)C(C(=O)C2CC2c2ccc(Oc3ccc(F)cc3)cc2)=C1O. The van der Waals surface area contributed by atoms with E-state index in [1.807, 2.05) is 32.9 Å². The van der Waals surface area contributed by atoms with E-state index in [0.29, 0.717) is 62.0 Å². The van der Waals surface area contributed by atoms with Crippen molar-refractivity contribution in [3.05, 3.63) is 82.6 Å². The molecule has 2 aromatic carbocycles. The van der Waals surface area contributed by atoms with E-state index >= 15 is 0 Å². The van der Waals surface area contributed by atoms with Crippen molar-refractivity contribution in [2.45, 2.75) is 71.6 Å². The molecule has 6 heteroatoms. The third-order valence-corrected chi connectivity index (χ3v) is 7.51. The highest BCUT2D eigenvalue weighted by Gasteiger charge is 2.54. The summed E-state index contributed by atoms with van der Waals surface area (Å²) in [5.74, 6) is -0.841. The van der Waals surface area contributed by atoms with E-state index in [1.54, 1.807) is 24.3 Å². The van der Waals surface area contributed by atoms with Gasteiger partial charge in [0.1, 0.15) is 34.4 Å². The van der Waals surface area contributed by atoms with Gasteiger partial charge in [0, 0.05) is 11.5 Å². The maximum Gasteiger partial charge on any atom is 0.183 e. The lowest BCUT2D eigenvalue weighted by Crippen LogP contribution is -2.41. The molecule has 1 fully saturated rings. The lowest BCUT2D eigenvalue weighted by molar-refractivity contribution is -0.129. The lowest BCUT2D eigenvalue weighted by atomic mass is 9.66. The number of benzene rings is 2. The Kier molecular flexibility index (Phi) is 7.86. The molecular formula is C31H35FO5. The molecule has 4 rings (SSSR count). The summed E-state index contributed by atoms with van der Waals surface area (Å²) in [5, 5.41) is 22.2. The van der Waals surface area contributed by atoms with Crippen LogP contribution in [0.15, 0.2) is 71.2 Å². The molecule has 5 nitrogen and oxygen atoms in total. The number of aliphatic hydroxyl groups excluding tert-OH is 2. The van der Waals surface area contributed by atoms with E-state index in [4.69, 9.17) is 4.74 Å². The monoisotopic (exact) mass is 506 g/mol. The van der Waals surface area contributed by atoms with Crippen LogP contribution in [0.25, 0.3) is 0 Å². The minimum absolute atomic E-state index is 0.0543. The Bertz CT molecular complexity index is 1220. The van der Waals surface area contributed by atoms with Crippen LogP contribution >= 0.6 is 0 Å². The van der Waals surface area contributed by atoms with Gasteiger partial charge in [-0.3, -0.25) is 9.59 Å². The van der Waals surface area contributed by atoms with Crippen molar-refractivity contribution in [3.8, 4) is 11.5 Å². The molecule has 2 atom stereocenters. The number of halogens is 1. The number of allylic oxidation sites excluding steroid dienone is 3. The summed E-state index contributed by atoms with van der Waals surface area (Å²) < 4.78 is 18.9. The molecule has 2 N–H and O–H groups in total. The Labute approximate surface area is 217 Å². The fourth-order valence-electron chi connectivity index (χ4n) is 5.62. The van der Waals surface area contributed by atoms with Crippen LogP contribution in [-0.2, 0) is 9.59 Å². The normalized spacial score (nSPS) is 20.8. The predicted molar refractivity (Wildman–Crippen MR) is 140 cm³/mol. The quantitative estimate of drug-likeness (QED) is 0.303. The zero-order valence-electron chi connectivity index (χ0n) is 21.7. The van der Waals surface area contributed by atoms with Gasteiger partial charge in [-0.25, -0.2) is 4.39 Å². The van der Waals surface area contributed by atoms with Crippen LogP contribution < -0.4 is 4.74 Å². The summed E-state index contributed by atoms with van der Waals surface area (Å²) in [6, 6.07) is 13.1. The average Bonchev–Trinajstić information content (AvgIpc) is 3.69. The van der Waals surface area contributed by atoms with E-state index in [0.717, 1.165) is 5.56 Å². The van der Waals surface area contributed by atoms with Crippen LogP contribution in [0.5, 0.6) is 11.5 Å². The summed E-state index contributed by atoms with van der Waals surface area (Å²) in [6.07, 6.45) is 3.89. The molecule has 0 spiro atoms. The van der Waals surface area contributed by atoms with Gasteiger partial charge < -0.3 is 14.9 Å². The molecular weight excluding hydrogens is 471 g/mol. The first-order chi connectivity index (χ1) is 17.8. The molecule has 2 aliphatic carbocycles. The number of carbonyl (C=O) groups excluding carboxylic acids is 2. The maximum absolute atomic E-state index is 13.8. The van der Waals surface area contributed by atoms with Gasteiger partial charge in [0.25, 0.3) is 0 Å². The molecule has 2 aromatic rings. The molecule has 37 heavy (non-hydrogen) atoms. The Morgan fingerprint density at radius 3 is 2.05 bits per heavy atom. The fourth-order valence-corrected chi connectivity index (χ4v) is 5.62. The molecule has 0 aliphatic heterocycles. The van der Waals surface area contributed by atoms with Crippen LogP contribution in [0.2, 0.25) is 0 Å². The summed E-state index contributed by atoms with van der Waals surface area (Å²) >= 11 is 0. The van der Waals surface area contributed by atoms with E-state index in [-0.39, 0.29) is 34.6 Å². The summed E-state index contributed by atoms with van der Waals surface area (Å²) in [5.41, 5.74) is 0.0158. The molecule has 2 unspecified atom stereocenters. The Hall–Kier alpha value is -3.41. The van der Waals surface area contributed by atoms with Crippen LogP contribution in [-0.4, -0.2) is 21.8 Å². The molecule has 0 amide bonds. The minimum atomic E-state index is -1.14. The first kappa shape index (κ1) is 26.6. The summed E-state index contributed by atoms with van der Waals surface area (Å²) in [6.45, 7) is 5.85. The molecule has 0 aromatic heterocycles. The van der Waals surface area contributed by atoms with Gasteiger partial charge in [0.05, 0.1) is 5.41 Å². The van der Waals surface area contributed by atoms with Crippen molar-refractivity contribution >= 4 is 11.6 Å². The maximum atomic E-state index is 13.8. The van der Waals surface area contributed by atoms with E-state index in [9.17, 15) is 24.2 Å². The minimum Gasteiger partial charge on any atom is -0.511 e. The second-order valence-corrected chi connectivity index (χ2v) is 10.1. The number of Topliss-reactive ketones (excluding diaryl/α,β-unsaturated/α-hetero) is 2. The van der Waals surface area contributed by atoms with E-state index in [2.05, 4.69) is 0 Å². The smallest absolute Gasteiger partial charge is 0.183 e. The average molecular weight is 507 g/mol. The lowest BCUT2D eigenvalue weighted by Gasteiger charge is -2.37. The summed E-state index contributed by atoms with van der Waals surface area (Å²) in [7, 11) is 0. The van der Waals surface area contributed by atoms with Crippen molar-refractivity contribution in [2.24, 2.45) is 11.3 Å². The largest absolute Gasteiger partial charge is 0.511 e. The number of rotatable bonds is 11. The number of ketones is 2. The third kappa shape index (κ3) is 5.07. The third-order valence-electron chi connectivity index (χ3n) is 7.51. The van der Waals surface area contributed by atoms with Gasteiger partial charge in [-0.05, 0) is 73.6 Å². The number of carbonyl (C=O) groups is 2. The van der Waals surface area contributed by atoms with Gasteiger partial charge in [-0.15, -0.1) is 0 Å². The van der Waals surface area contributed by atoms with Crippen molar-refractivity contribution in [2.75, 3.05) is 0 Å². The zero-order valence-corrected chi connectivity index (χ0v) is 21.7. The molecule has 0 radical (unpaired) electrons. The van der Waals surface area contributed by atoms with Crippen LogP contribution in [0.1, 0.15) is 77.2 Å². The fraction of sp³-hybridized carbons (Fsp3) is 0.419. The highest BCUT2D eigenvalue weighted by Crippen LogP contribution is 2.53. The molecule has 0 bridgehead atoms. The first-order valence-corrected chi connectivity index (χ1v) is 13.3. The number of ether oxygens (including phenoxy) is 1. The van der Waals surface area contributed by atoms with Crippen molar-refractivity contribution in [1.82, 2.24) is 0 Å². The Morgan fingerprint density at radius 2 is 1.51 bits per heavy atom. The van der Waals surface area contributed by atoms with Gasteiger partial charge >= 0.3 is 0 Å². The van der Waals surface area contributed by atoms with Crippen molar-refractivity contribution in [1.29, 1.82) is 0 Å².